The number of nitrogens with zero attached hydrogens (tertiary/aromatic N) is 1. The summed E-state index contributed by atoms with van der Waals surface area (Å²) in [7, 11) is 1.61. The molecule has 19 heavy (non-hydrogen) atoms. The van der Waals surface area contributed by atoms with Crippen LogP contribution in [-0.4, -0.2) is 18.0 Å². The number of methoxy groups -OCH3 is 1. The molecule has 6 heteroatoms. The summed E-state index contributed by atoms with van der Waals surface area (Å²) in [4.78, 5) is 15.9. The summed E-state index contributed by atoms with van der Waals surface area (Å²) in [5.74, 6) is 0.499. The maximum Gasteiger partial charge on any atom is 0.271 e. The second kappa shape index (κ2) is 5.71. The Morgan fingerprint density at radius 2 is 2.21 bits per heavy atom. The molecular formula is C13H15N3O2S. The van der Waals surface area contributed by atoms with Crippen molar-refractivity contribution in [2.24, 2.45) is 0 Å². The average molecular weight is 277 g/mol. The summed E-state index contributed by atoms with van der Waals surface area (Å²) < 4.78 is 5.27. The van der Waals surface area contributed by atoms with E-state index in [1.54, 1.807) is 12.5 Å². The number of rotatable bonds is 4. The summed E-state index contributed by atoms with van der Waals surface area (Å²) in [6.45, 7) is 1.89. The highest BCUT2D eigenvalue weighted by Crippen LogP contribution is 2.24. The predicted octanol–water partition coefficient (Wildman–Crippen LogP) is 2.22. The van der Waals surface area contributed by atoms with E-state index in [0.717, 1.165) is 11.3 Å². The molecular weight excluding hydrogens is 262 g/mol. The van der Waals surface area contributed by atoms with Gasteiger partial charge in [-0.15, -0.1) is 11.3 Å². The first-order valence-electron chi connectivity index (χ1n) is 5.76. The number of aromatic nitrogens is 1. The van der Waals surface area contributed by atoms with Crippen LogP contribution in [0.3, 0.4) is 0 Å². The van der Waals surface area contributed by atoms with Gasteiger partial charge in [-0.05, 0) is 13.0 Å². The van der Waals surface area contributed by atoms with E-state index < -0.39 is 0 Å². The molecule has 0 spiro atoms. The molecule has 0 unspecified atom stereocenters. The van der Waals surface area contributed by atoms with Gasteiger partial charge in [0, 0.05) is 10.9 Å². The zero-order chi connectivity index (χ0) is 13.8. The summed E-state index contributed by atoms with van der Waals surface area (Å²) >= 11 is 1.24. The zero-order valence-corrected chi connectivity index (χ0v) is 11.5. The number of para-hydroxylation sites is 1. The van der Waals surface area contributed by atoms with Gasteiger partial charge < -0.3 is 15.8 Å². The maximum atomic E-state index is 12.0. The number of ether oxygens (including phenoxy) is 1. The van der Waals surface area contributed by atoms with Crippen LogP contribution in [0.25, 0.3) is 0 Å². The molecule has 1 heterocycles. The van der Waals surface area contributed by atoms with E-state index in [9.17, 15) is 4.79 Å². The Morgan fingerprint density at radius 1 is 1.47 bits per heavy atom. The van der Waals surface area contributed by atoms with Gasteiger partial charge in [-0.2, -0.15) is 0 Å². The number of thiazole rings is 1. The van der Waals surface area contributed by atoms with Crippen LogP contribution in [0.1, 0.15) is 29.0 Å². The Balaban J connectivity index is 2.12. The Kier molecular flexibility index (Phi) is 4.01. The third-order valence-corrected chi connectivity index (χ3v) is 3.38. The number of benzene rings is 1. The second-order valence-corrected chi connectivity index (χ2v) is 4.90. The van der Waals surface area contributed by atoms with Crippen LogP contribution in [0.15, 0.2) is 29.6 Å². The highest BCUT2D eigenvalue weighted by atomic mass is 32.1. The van der Waals surface area contributed by atoms with Crippen molar-refractivity contribution < 1.29 is 9.53 Å². The van der Waals surface area contributed by atoms with Crippen molar-refractivity contribution in [1.29, 1.82) is 0 Å². The van der Waals surface area contributed by atoms with Crippen molar-refractivity contribution in [3.8, 4) is 5.75 Å². The molecule has 0 saturated heterocycles. The van der Waals surface area contributed by atoms with Gasteiger partial charge in [-0.3, -0.25) is 4.79 Å². The van der Waals surface area contributed by atoms with Gasteiger partial charge in [0.2, 0.25) is 0 Å². The molecule has 0 aliphatic rings. The molecule has 2 rings (SSSR count). The summed E-state index contributed by atoms with van der Waals surface area (Å²) in [6, 6.07) is 7.39. The van der Waals surface area contributed by atoms with Crippen LogP contribution in [0.4, 0.5) is 5.13 Å². The Bertz CT molecular complexity index is 583. The fourth-order valence-electron chi connectivity index (χ4n) is 1.76. The van der Waals surface area contributed by atoms with Gasteiger partial charge in [-0.25, -0.2) is 4.98 Å². The van der Waals surface area contributed by atoms with Gasteiger partial charge in [-0.1, -0.05) is 18.2 Å². The monoisotopic (exact) mass is 277 g/mol. The normalized spacial score (nSPS) is 11.9. The number of nitrogen functional groups attached to an aromatic ring is 1. The van der Waals surface area contributed by atoms with Crippen LogP contribution in [0.5, 0.6) is 5.75 Å². The van der Waals surface area contributed by atoms with Crippen molar-refractivity contribution in [2.45, 2.75) is 13.0 Å². The predicted molar refractivity (Wildman–Crippen MR) is 75.4 cm³/mol. The zero-order valence-electron chi connectivity index (χ0n) is 10.7. The van der Waals surface area contributed by atoms with Gasteiger partial charge >= 0.3 is 0 Å². The average Bonchev–Trinajstić information content (AvgIpc) is 2.85. The van der Waals surface area contributed by atoms with Gasteiger partial charge in [0.15, 0.2) is 5.13 Å². The topological polar surface area (TPSA) is 77.2 Å². The number of anilines is 1. The van der Waals surface area contributed by atoms with Crippen molar-refractivity contribution in [3.63, 3.8) is 0 Å². The SMILES string of the molecule is COc1ccccc1[C@H](C)NC(=O)c1csc(N)n1. The molecule has 0 fully saturated rings. The van der Waals surface area contributed by atoms with Crippen LogP contribution < -0.4 is 15.8 Å². The molecule has 5 nitrogen and oxygen atoms in total. The minimum absolute atomic E-state index is 0.174. The molecule has 1 aromatic carbocycles. The van der Waals surface area contributed by atoms with Gasteiger partial charge in [0.1, 0.15) is 11.4 Å². The largest absolute Gasteiger partial charge is 0.496 e. The molecule has 100 valence electrons. The number of carbonyl (C=O) groups excluding carboxylic acids is 1. The first-order chi connectivity index (χ1) is 9.11. The van der Waals surface area contributed by atoms with Crippen molar-refractivity contribution in [1.82, 2.24) is 10.3 Å². The highest BCUT2D eigenvalue weighted by Gasteiger charge is 2.16. The number of nitrogens with one attached hydrogen (secondary N) is 1. The number of carbonyl (C=O) groups is 1. The molecule has 0 aliphatic heterocycles. The van der Waals surface area contributed by atoms with Gasteiger partial charge in [0.05, 0.1) is 13.2 Å². The van der Waals surface area contributed by atoms with Crippen molar-refractivity contribution in [2.75, 3.05) is 12.8 Å². The second-order valence-electron chi connectivity index (χ2n) is 4.01. The van der Waals surface area contributed by atoms with E-state index in [2.05, 4.69) is 10.3 Å². The molecule has 0 aliphatic carbocycles. The summed E-state index contributed by atoms with van der Waals surface area (Å²) in [5.41, 5.74) is 6.77. The van der Waals surface area contributed by atoms with Gasteiger partial charge in [0.25, 0.3) is 5.91 Å². The molecule has 0 saturated carbocycles. The lowest BCUT2D eigenvalue weighted by molar-refractivity contribution is 0.0935. The third kappa shape index (κ3) is 3.03. The minimum Gasteiger partial charge on any atom is -0.496 e. The fourth-order valence-corrected chi connectivity index (χ4v) is 2.31. The first-order valence-corrected chi connectivity index (χ1v) is 6.64. The van der Waals surface area contributed by atoms with Crippen LogP contribution in [0, 0.1) is 0 Å². The maximum absolute atomic E-state index is 12.0. The highest BCUT2D eigenvalue weighted by molar-refractivity contribution is 7.13. The van der Waals surface area contributed by atoms with E-state index in [1.807, 2.05) is 31.2 Å². The number of hydrogen-bond donors (Lipinski definition) is 2. The molecule has 1 atom stereocenters. The quantitative estimate of drug-likeness (QED) is 0.898. The van der Waals surface area contributed by atoms with E-state index in [1.165, 1.54) is 11.3 Å². The fraction of sp³-hybridized carbons (Fsp3) is 0.231. The van der Waals surface area contributed by atoms with Crippen LogP contribution >= 0.6 is 11.3 Å². The lowest BCUT2D eigenvalue weighted by Gasteiger charge is -2.16. The minimum atomic E-state index is -0.244. The summed E-state index contributed by atoms with van der Waals surface area (Å²) in [6.07, 6.45) is 0. The smallest absolute Gasteiger partial charge is 0.271 e. The molecule has 0 bridgehead atoms. The molecule has 0 radical (unpaired) electrons. The molecule has 3 N–H and O–H groups in total. The number of nitrogens with two attached hydrogens (primary N) is 1. The summed E-state index contributed by atoms with van der Waals surface area (Å²) in [5, 5.41) is 4.89. The first kappa shape index (κ1) is 13.4. The Labute approximate surface area is 115 Å². The molecule has 2 aromatic rings. The molecule has 1 amide bonds. The Hall–Kier alpha value is -2.08. The van der Waals surface area contributed by atoms with E-state index >= 15 is 0 Å². The molecule has 1 aromatic heterocycles. The Morgan fingerprint density at radius 3 is 2.84 bits per heavy atom. The van der Waals surface area contributed by atoms with E-state index in [-0.39, 0.29) is 11.9 Å². The van der Waals surface area contributed by atoms with Crippen LogP contribution in [0.2, 0.25) is 0 Å². The van der Waals surface area contributed by atoms with E-state index in [0.29, 0.717) is 10.8 Å². The lowest BCUT2D eigenvalue weighted by atomic mass is 10.1. The van der Waals surface area contributed by atoms with Crippen molar-refractivity contribution in [3.05, 3.63) is 40.9 Å². The van der Waals surface area contributed by atoms with E-state index in [4.69, 9.17) is 10.5 Å². The standard InChI is InChI=1S/C13H15N3O2S/c1-8(9-5-3-4-6-11(9)18-2)15-12(17)10-7-19-13(14)16-10/h3-8H,1-2H3,(H2,14,16)(H,15,17)/t8-/m0/s1. The third-order valence-electron chi connectivity index (χ3n) is 2.71. The number of amides is 1. The van der Waals surface area contributed by atoms with Crippen LogP contribution in [-0.2, 0) is 0 Å². The lowest BCUT2D eigenvalue weighted by Crippen LogP contribution is -2.27. The number of hydrogen-bond acceptors (Lipinski definition) is 5. The van der Waals surface area contributed by atoms with Crippen molar-refractivity contribution >= 4 is 22.4 Å².